The van der Waals surface area contributed by atoms with E-state index in [2.05, 4.69) is 22.6 Å². The van der Waals surface area contributed by atoms with E-state index in [1.165, 1.54) is 0 Å². The van der Waals surface area contributed by atoms with Crippen molar-refractivity contribution >= 4 is 48.4 Å². The number of hydrogen-bond donors (Lipinski definition) is 2. The molecule has 3 heterocycles. The van der Waals surface area contributed by atoms with Crippen LogP contribution in [0.2, 0.25) is 18.6 Å². The summed E-state index contributed by atoms with van der Waals surface area (Å²) >= 11 is 2.26. The van der Waals surface area contributed by atoms with E-state index in [1.807, 2.05) is 62.5 Å². The Morgan fingerprint density at radius 1 is 1.23 bits per heavy atom. The number of likely N-dealkylation sites (tertiary alicyclic amines) is 1. The molecule has 0 aromatic heterocycles. The fourth-order valence-electron chi connectivity index (χ4n) is 6.96. The van der Waals surface area contributed by atoms with E-state index in [9.17, 15) is 19.5 Å². The number of ether oxygens (including phenoxy) is 2. The summed E-state index contributed by atoms with van der Waals surface area (Å²) in [5.74, 6) is -0.0259. The first-order valence-electron chi connectivity index (χ1n) is 13.6. The van der Waals surface area contributed by atoms with Crippen LogP contribution >= 0.6 is 22.6 Å². The molecule has 10 heteroatoms. The second-order valence-corrected chi connectivity index (χ2v) is 16.8. The molecule has 5 atom stereocenters. The minimum atomic E-state index is -2.90. The van der Waals surface area contributed by atoms with Gasteiger partial charge in [0.1, 0.15) is 5.75 Å². The van der Waals surface area contributed by atoms with Gasteiger partial charge in [0.2, 0.25) is 5.91 Å². The van der Waals surface area contributed by atoms with E-state index in [-0.39, 0.29) is 42.3 Å². The first-order valence-corrected chi connectivity index (χ1v) is 17.7. The highest BCUT2D eigenvalue weighted by molar-refractivity contribution is 14.1. The van der Waals surface area contributed by atoms with Crippen LogP contribution in [0, 0.1) is 9.49 Å². The molecule has 2 saturated heterocycles. The van der Waals surface area contributed by atoms with Crippen LogP contribution in [0.1, 0.15) is 37.3 Å². The van der Waals surface area contributed by atoms with Crippen molar-refractivity contribution in [2.45, 2.75) is 69.1 Å². The summed E-state index contributed by atoms with van der Waals surface area (Å²) in [7, 11) is -1.31. The van der Waals surface area contributed by atoms with Gasteiger partial charge in [-0.3, -0.25) is 9.59 Å². The lowest BCUT2D eigenvalue weighted by molar-refractivity contribution is -0.150. The third-order valence-electron chi connectivity index (χ3n) is 8.73. The summed E-state index contributed by atoms with van der Waals surface area (Å²) in [6, 6.07) is 13.5. The number of carbonyl (C=O) groups is 2. The van der Waals surface area contributed by atoms with E-state index in [1.54, 1.807) is 16.9 Å². The van der Waals surface area contributed by atoms with Gasteiger partial charge in [-0.1, -0.05) is 19.1 Å². The number of methoxy groups -OCH3 is 1. The van der Waals surface area contributed by atoms with Crippen molar-refractivity contribution in [2.75, 3.05) is 25.2 Å². The van der Waals surface area contributed by atoms with Gasteiger partial charge in [0.25, 0.3) is 5.91 Å². The normalized spacial score (nSPS) is 28.4. The fourth-order valence-corrected chi connectivity index (χ4v) is 9.87. The number of nitrogens with zero attached hydrogens (tertiary/aromatic N) is 2. The lowest BCUT2D eigenvalue weighted by Gasteiger charge is -2.32. The summed E-state index contributed by atoms with van der Waals surface area (Å²) in [6.45, 7) is 6.60. The third kappa shape index (κ3) is 4.92. The molecule has 2 N–H and O–H groups in total. The number of amides is 2. The Balaban J connectivity index is 1.55. The molecule has 39 heavy (non-hydrogen) atoms. The van der Waals surface area contributed by atoms with Gasteiger partial charge in [-0.2, -0.15) is 0 Å². The van der Waals surface area contributed by atoms with E-state index in [4.69, 9.17) is 9.47 Å². The molecule has 0 bridgehead atoms. The summed E-state index contributed by atoms with van der Waals surface area (Å²) in [5.41, 5.74) is 0.791. The number of benzene rings is 2. The van der Waals surface area contributed by atoms with Crippen LogP contribution in [0.15, 0.2) is 42.5 Å². The number of carbonyl (C=O) groups excluding carboxylic acids is 2. The van der Waals surface area contributed by atoms with Gasteiger partial charge >= 0.3 is 0 Å². The standard InChI is InChI=1S/C29H37IN2O6Si/c1-18-27(39(3,4)36)25(15-26(34)31-13-5-6-21(31)17-33)38-29(18)23-14-22(37-2)11-12-24(23)32(28(29)35)16-19-7-9-20(30)10-8-19/h7-12,14,18,21,25,27,33,36H,5-6,13,15-17H2,1-4H3/t18-,21+,25+,27-,29+/m1/s1. The number of hydrogen-bond acceptors (Lipinski definition) is 6. The number of halogens is 1. The van der Waals surface area contributed by atoms with Gasteiger partial charge in [-0.05, 0) is 84.4 Å². The highest BCUT2D eigenvalue weighted by Gasteiger charge is 2.66. The summed E-state index contributed by atoms with van der Waals surface area (Å²) < 4.78 is 13.5. The van der Waals surface area contributed by atoms with E-state index < -0.39 is 20.0 Å². The van der Waals surface area contributed by atoms with E-state index in [0.29, 0.717) is 18.8 Å². The lowest BCUT2D eigenvalue weighted by Crippen LogP contribution is -2.46. The molecule has 5 rings (SSSR count). The van der Waals surface area contributed by atoms with Crippen molar-refractivity contribution < 1.29 is 29.0 Å². The van der Waals surface area contributed by atoms with Crippen LogP contribution in [0.4, 0.5) is 5.69 Å². The first-order chi connectivity index (χ1) is 18.5. The molecular formula is C29H37IN2O6Si. The monoisotopic (exact) mass is 664 g/mol. The summed E-state index contributed by atoms with van der Waals surface area (Å²) in [6.07, 6.45) is 1.07. The van der Waals surface area contributed by atoms with Crippen LogP contribution in [-0.2, 0) is 26.5 Å². The van der Waals surface area contributed by atoms with Crippen molar-refractivity contribution in [1.82, 2.24) is 4.90 Å². The van der Waals surface area contributed by atoms with Crippen LogP contribution in [-0.4, -0.2) is 67.3 Å². The van der Waals surface area contributed by atoms with Gasteiger partial charge in [0.05, 0.1) is 44.5 Å². The predicted octanol–water partition coefficient (Wildman–Crippen LogP) is 4.02. The van der Waals surface area contributed by atoms with Crippen molar-refractivity contribution in [3.8, 4) is 5.75 Å². The topological polar surface area (TPSA) is 99.5 Å². The number of rotatable bonds is 7. The van der Waals surface area contributed by atoms with Crippen LogP contribution in [0.25, 0.3) is 0 Å². The summed E-state index contributed by atoms with van der Waals surface area (Å²) in [4.78, 5) is 42.9. The maximum Gasteiger partial charge on any atom is 0.264 e. The van der Waals surface area contributed by atoms with Crippen molar-refractivity contribution in [3.05, 3.63) is 57.2 Å². The molecule has 210 valence electrons. The zero-order chi connectivity index (χ0) is 28.1. The average Bonchev–Trinajstić information content (AvgIpc) is 3.55. The van der Waals surface area contributed by atoms with Crippen molar-refractivity contribution in [3.63, 3.8) is 0 Å². The second-order valence-electron chi connectivity index (χ2n) is 11.5. The van der Waals surface area contributed by atoms with E-state index >= 15 is 0 Å². The Morgan fingerprint density at radius 3 is 2.59 bits per heavy atom. The van der Waals surface area contributed by atoms with Gasteiger partial charge in [-0.15, -0.1) is 0 Å². The van der Waals surface area contributed by atoms with Crippen molar-refractivity contribution in [2.24, 2.45) is 5.92 Å². The second kappa shape index (κ2) is 10.8. The highest BCUT2D eigenvalue weighted by Crippen LogP contribution is 2.60. The van der Waals surface area contributed by atoms with Crippen LogP contribution in [0.5, 0.6) is 5.75 Å². The molecule has 0 aliphatic carbocycles. The smallest absolute Gasteiger partial charge is 0.264 e. The zero-order valence-corrected chi connectivity index (χ0v) is 26.1. The number of aliphatic hydroxyl groups is 1. The Bertz CT molecular complexity index is 1250. The van der Waals surface area contributed by atoms with Gasteiger partial charge in [0, 0.05) is 27.1 Å². The Labute approximate surface area is 244 Å². The quantitative estimate of drug-likeness (QED) is 0.343. The summed E-state index contributed by atoms with van der Waals surface area (Å²) in [5, 5.41) is 9.77. The number of fused-ring (bicyclic) bond motifs is 2. The molecule has 0 saturated carbocycles. The predicted molar refractivity (Wildman–Crippen MR) is 159 cm³/mol. The lowest BCUT2D eigenvalue weighted by atomic mass is 9.82. The Hall–Kier alpha value is -1.99. The highest BCUT2D eigenvalue weighted by atomic mass is 127. The number of anilines is 1. The molecule has 3 aliphatic rings. The Morgan fingerprint density at radius 2 is 1.95 bits per heavy atom. The van der Waals surface area contributed by atoms with Gasteiger partial charge < -0.3 is 29.2 Å². The molecule has 2 aromatic carbocycles. The van der Waals surface area contributed by atoms with Crippen molar-refractivity contribution in [1.29, 1.82) is 0 Å². The first kappa shape index (κ1) is 28.5. The minimum Gasteiger partial charge on any atom is -0.497 e. The molecular weight excluding hydrogens is 627 g/mol. The van der Waals surface area contributed by atoms with Crippen LogP contribution in [0.3, 0.4) is 0 Å². The third-order valence-corrected chi connectivity index (χ3v) is 12.0. The molecule has 2 fully saturated rings. The van der Waals surface area contributed by atoms with E-state index in [0.717, 1.165) is 33.2 Å². The minimum absolute atomic E-state index is 0.0634. The molecule has 1 spiro atoms. The zero-order valence-electron chi connectivity index (χ0n) is 22.9. The largest absolute Gasteiger partial charge is 0.497 e. The maximum absolute atomic E-state index is 14.5. The van der Waals surface area contributed by atoms with Gasteiger partial charge in [-0.25, -0.2) is 0 Å². The SMILES string of the molecule is COc1ccc2c(c1)[C@]1(O[C@@H](CC(=O)N3CCC[C@H]3CO)[C@H]([Si](C)(C)O)[C@H]1C)C(=O)N2Cc1ccc(I)cc1. The van der Waals surface area contributed by atoms with Crippen LogP contribution < -0.4 is 9.64 Å². The van der Waals surface area contributed by atoms with Gasteiger partial charge in [0.15, 0.2) is 13.9 Å². The molecule has 0 radical (unpaired) electrons. The fraction of sp³-hybridized carbons (Fsp3) is 0.517. The molecule has 0 unspecified atom stereocenters. The number of aliphatic hydroxyl groups excluding tert-OH is 1. The average molecular weight is 665 g/mol. The molecule has 3 aliphatic heterocycles. The Kier molecular flexibility index (Phi) is 7.88. The molecule has 8 nitrogen and oxygen atoms in total. The molecule has 2 aromatic rings. The molecule has 2 amide bonds. The maximum atomic E-state index is 14.5.